The number of fused-ring (bicyclic) bond motifs is 3. The molecule has 0 unspecified atom stereocenters. The Labute approximate surface area is 197 Å². The topological polar surface area (TPSA) is 178 Å². The van der Waals surface area contributed by atoms with Gasteiger partial charge in [0.15, 0.2) is 0 Å². The number of nitrogens with zero attached hydrogens (tertiary/aromatic N) is 1. The number of carbonyl (C=O) groups excluding carboxylic acids is 1. The van der Waals surface area contributed by atoms with E-state index < -0.39 is 26.1 Å². The van der Waals surface area contributed by atoms with E-state index >= 15 is 0 Å². The molecule has 0 aliphatic heterocycles. The molecular weight excluding hydrogens is 486 g/mol. The maximum atomic E-state index is 12.7. The van der Waals surface area contributed by atoms with Crippen molar-refractivity contribution in [3.05, 3.63) is 47.5 Å². The molecule has 34 heavy (non-hydrogen) atoms. The predicted molar refractivity (Wildman–Crippen MR) is 124 cm³/mol. The molecule has 2 amide bonds. The van der Waals surface area contributed by atoms with E-state index in [2.05, 4.69) is 20.0 Å². The van der Waals surface area contributed by atoms with Crippen LogP contribution in [0.4, 0.5) is 4.79 Å². The molecule has 0 saturated heterocycles. The molecule has 0 bridgehead atoms. The van der Waals surface area contributed by atoms with E-state index in [0.29, 0.717) is 22.3 Å². The molecular formula is C20H25N5O7S2. The van der Waals surface area contributed by atoms with Crippen LogP contribution >= 0.6 is 0 Å². The van der Waals surface area contributed by atoms with E-state index in [-0.39, 0.29) is 41.8 Å². The first kappa shape index (κ1) is 25.7. The number of urea groups is 1. The van der Waals surface area contributed by atoms with Crippen LogP contribution in [0.5, 0.6) is 0 Å². The lowest BCUT2D eigenvalue weighted by Crippen LogP contribution is -2.28. The van der Waals surface area contributed by atoms with Gasteiger partial charge in [-0.25, -0.2) is 36.5 Å². The molecule has 0 aromatic heterocycles. The molecule has 2 aromatic rings. The summed E-state index contributed by atoms with van der Waals surface area (Å²) in [6.45, 7) is 0.552. The molecule has 1 aliphatic carbocycles. The van der Waals surface area contributed by atoms with Gasteiger partial charge in [-0.2, -0.15) is 5.10 Å². The molecule has 12 nitrogen and oxygen atoms in total. The number of methoxy groups -OCH3 is 2. The number of rotatable bonds is 11. The molecule has 0 spiro atoms. The number of benzene rings is 2. The lowest BCUT2D eigenvalue weighted by Gasteiger charge is -2.09. The van der Waals surface area contributed by atoms with Crippen molar-refractivity contribution >= 4 is 31.8 Å². The van der Waals surface area contributed by atoms with Crippen LogP contribution in [0, 0.1) is 0 Å². The lowest BCUT2D eigenvalue weighted by atomic mass is 10.1. The minimum atomic E-state index is -3.86. The fourth-order valence-corrected chi connectivity index (χ4v) is 5.42. The third kappa shape index (κ3) is 5.60. The highest BCUT2D eigenvalue weighted by Gasteiger charge is 2.29. The van der Waals surface area contributed by atoms with Crippen molar-refractivity contribution in [2.75, 3.05) is 40.5 Å². The van der Waals surface area contributed by atoms with Crippen molar-refractivity contribution in [2.45, 2.75) is 9.79 Å². The van der Waals surface area contributed by atoms with E-state index in [1.165, 1.54) is 38.5 Å². The largest absolute Gasteiger partial charge is 0.383 e. The fourth-order valence-electron chi connectivity index (χ4n) is 3.34. The molecule has 3 rings (SSSR count). The van der Waals surface area contributed by atoms with Crippen molar-refractivity contribution in [3.63, 3.8) is 0 Å². The number of nitrogens with one attached hydrogen (secondary N) is 3. The summed E-state index contributed by atoms with van der Waals surface area (Å²) in [4.78, 5) is 11.2. The zero-order chi connectivity index (χ0) is 24.9. The minimum absolute atomic E-state index is 0.0315. The van der Waals surface area contributed by atoms with Crippen LogP contribution < -0.4 is 20.6 Å². The summed E-state index contributed by atoms with van der Waals surface area (Å²) < 4.78 is 65.3. The number of hydrogen-bond acceptors (Lipinski definition) is 8. The highest BCUT2D eigenvalue weighted by atomic mass is 32.2. The number of amides is 2. The third-order valence-corrected chi connectivity index (χ3v) is 7.79. The van der Waals surface area contributed by atoms with Crippen LogP contribution in [0.1, 0.15) is 11.1 Å². The SMILES string of the molecule is COCCNS(=O)(=O)c1ccc2c(c1)C(=NNC(N)=O)c1cc(S(=O)(=O)NCCOC)ccc1-2. The second kappa shape index (κ2) is 10.6. The second-order valence-corrected chi connectivity index (χ2v) is 10.7. The van der Waals surface area contributed by atoms with E-state index in [1.807, 2.05) is 0 Å². The highest BCUT2D eigenvalue weighted by molar-refractivity contribution is 7.89. The number of carbonyl (C=O) groups is 1. The van der Waals surface area contributed by atoms with Crippen molar-refractivity contribution < 1.29 is 31.1 Å². The summed E-state index contributed by atoms with van der Waals surface area (Å²) in [6.07, 6.45) is 0. The van der Waals surface area contributed by atoms with Crippen molar-refractivity contribution in [2.24, 2.45) is 10.8 Å². The second-order valence-electron chi connectivity index (χ2n) is 7.13. The molecule has 2 aromatic carbocycles. The molecule has 184 valence electrons. The normalized spacial score (nSPS) is 12.8. The van der Waals surface area contributed by atoms with Crippen molar-refractivity contribution in [3.8, 4) is 11.1 Å². The summed E-state index contributed by atoms with van der Waals surface area (Å²) in [5, 5.41) is 4.02. The Morgan fingerprint density at radius 1 is 0.824 bits per heavy atom. The Balaban J connectivity index is 2.06. The van der Waals surface area contributed by atoms with Gasteiger partial charge in [0, 0.05) is 38.4 Å². The van der Waals surface area contributed by atoms with E-state index in [4.69, 9.17) is 15.2 Å². The quantitative estimate of drug-likeness (QED) is 0.206. The first-order chi connectivity index (χ1) is 16.1. The third-order valence-electron chi connectivity index (χ3n) is 4.88. The number of primary amides is 1. The van der Waals surface area contributed by atoms with Gasteiger partial charge in [-0.3, -0.25) is 0 Å². The van der Waals surface area contributed by atoms with E-state index in [9.17, 15) is 21.6 Å². The van der Waals surface area contributed by atoms with Gasteiger partial charge in [-0.15, -0.1) is 0 Å². The minimum Gasteiger partial charge on any atom is -0.383 e. The fraction of sp³-hybridized carbons (Fsp3) is 0.300. The molecule has 0 saturated carbocycles. The zero-order valence-electron chi connectivity index (χ0n) is 18.5. The van der Waals surface area contributed by atoms with Gasteiger partial charge in [0.2, 0.25) is 20.0 Å². The van der Waals surface area contributed by atoms with Gasteiger partial charge in [0.1, 0.15) is 0 Å². The molecule has 0 heterocycles. The van der Waals surface area contributed by atoms with Crippen LogP contribution in [0.15, 0.2) is 51.3 Å². The average Bonchev–Trinajstić information content (AvgIpc) is 3.10. The number of hydrazone groups is 1. The van der Waals surface area contributed by atoms with Crippen LogP contribution in [0.3, 0.4) is 0 Å². The molecule has 0 atom stereocenters. The number of ether oxygens (including phenoxy) is 2. The first-order valence-corrected chi connectivity index (χ1v) is 13.0. The molecule has 0 fully saturated rings. The van der Waals surface area contributed by atoms with Gasteiger partial charge in [0.25, 0.3) is 0 Å². The van der Waals surface area contributed by atoms with Crippen molar-refractivity contribution in [1.29, 1.82) is 0 Å². The Morgan fingerprint density at radius 2 is 1.26 bits per heavy atom. The van der Waals surface area contributed by atoms with Gasteiger partial charge in [-0.1, -0.05) is 12.1 Å². The Bertz CT molecular complexity index is 1230. The number of nitrogens with two attached hydrogens (primary N) is 1. The summed E-state index contributed by atoms with van der Waals surface area (Å²) >= 11 is 0. The van der Waals surface area contributed by atoms with Gasteiger partial charge in [-0.05, 0) is 35.4 Å². The predicted octanol–water partition coefficient (Wildman–Crippen LogP) is -0.0629. The average molecular weight is 512 g/mol. The Kier molecular flexibility index (Phi) is 8.01. The van der Waals surface area contributed by atoms with Crippen LogP contribution in [-0.4, -0.2) is 69.1 Å². The Morgan fingerprint density at radius 3 is 1.65 bits per heavy atom. The first-order valence-electron chi connectivity index (χ1n) is 10.0. The summed E-state index contributed by atoms with van der Waals surface area (Å²) in [6, 6.07) is 7.91. The van der Waals surface area contributed by atoms with Gasteiger partial charge in [0.05, 0.1) is 28.7 Å². The van der Waals surface area contributed by atoms with Gasteiger partial charge >= 0.3 is 6.03 Å². The van der Waals surface area contributed by atoms with Crippen LogP contribution in [0.25, 0.3) is 11.1 Å². The zero-order valence-corrected chi connectivity index (χ0v) is 20.1. The summed E-state index contributed by atoms with van der Waals surface area (Å²) in [5.41, 5.74) is 9.47. The Hall–Kier alpha value is -2.88. The maximum Gasteiger partial charge on any atom is 0.332 e. The standard InChI is InChI=1S/C20H25N5O7S2/c1-31-9-7-22-33(27,28)13-3-5-15-16-6-4-14(34(29,30)23-8-10-32-2)12-18(16)19(17(15)11-13)24-25-20(21)26/h3-6,11-12,22-23H,7-10H2,1-2H3,(H3,21,25,26). The number of hydrogen-bond donors (Lipinski definition) is 4. The molecule has 1 aliphatic rings. The summed E-state index contributed by atoms with van der Waals surface area (Å²) in [7, 11) is -4.80. The van der Waals surface area contributed by atoms with E-state index in [1.54, 1.807) is 12.1 Å². The van der Waals surface area contributed by atoms with Crippen LogP contribution in [-0.2, 0) is 29.5 Å². The highest BCUT2D eigenvalue weighted by Crippen LogP contribution is 2.39. The monoisotopic (exact) mass is 511 g/mol. The maximum absolute atomic E-state index is 12.7. The number of sulfonamides is 2. The summed E-state index contributed by atoms with van der Waals surface area (Å²) in [5.74, 6) is 0. The smallest absolute Gasteiger partial charge is 0.332 e. The molecule has 5 N–H and O–H groups in total. The van der Waals surface area contributed by atoms with Crippen LogP contribution in [0.2, 0.25) is 0 Å². The van der Waals surface area contributed by atoms with E-state index in [0.717, 1.165) is 0 Å². The lowest BCUT2D eigenvalue weighted by molar-refractivity contribution is 0.204. The molecule has 0 radical (unpaired) electrons. The van der Waals surface area contributed by atoms with Crippen molar-refractivity contribution in [1.82, 2.24) is 14.9 Å². The molecule has 14 heteroatoms. The van der Waals surface area contributed by atoms with Gasteiger partial charge < -0.3 is 15.2 Å².